The van der Waals surface area contributed by atoms with E-state index >= 15 is 0 Å². The third kappa shape index (κ3) is 4.86. The first-order valence-corrected chi connectivity index (χ1v) is 10.0. The summed E-state index contributed by atoms with van der Waals surface area (Å²) < 4.78 is 0. The second kappa shape index (κ2) is 7.69. The smallest absolute Gasteiger partial charge is 0.233 e. The molecule has 148 valence electrons. The van der Waals surface area contributed by atoms with Gasteiger partial charge >= 0.3 is 0 Å². The Labute approximate surface area is 158 Å². The number of amides is 3. The predicted molar refractivity (Wildman–Crippen MR) is 102 cm³/mol. The van der Waals surface area contributed by atoms with E-state index in [0.29, 0.717) is 25.3 Å². The highest BCUT2D eigenvalue weighted by Gasteiger charge is 2.44. The molecule has 0 bridgehead atoms. The lowest BCUT2D eigenvalue weighted by molar-refractivity contribution is -0.142. The maximum atomic E-state index is 12.4. The van der Waals surface area contributed by atoms with Gasteiger partial charge in [0.15, 0.2) is 0 Å². The number of rotatable bonds is 6. The van der Waals surface area contributed by atoms with E-state index in [1.165, 1.54) is 4.90 Å². The third-order valence-electron chi connectivity index (χ3n) is 6.02. The van der Waals surface area contributed by atoms with Crippen LogP contribution < -0.4 is 0 Å². The van der Waals surface area contributed by atoms with Crippen molar-refractivity contribution in [2.75, 3.05) is 19.6 Å². The highest BCUT2D eigenvalue weighted by atomic mass is 16.2. The Balaban J connectivity index is 1.63. The number of carbonyl (C=O) groups is 3. The van der Waals surface area contributed by atoms with Gasteiger partial charge in [0.1, 0.15) is 0 Å². The van der Waals surface area contributed by atoms with Gasteiger partial charge in [0, 0.05) is 32.5 Å². The van der Waals surface area contributed by atoms with Gasteiger partial charge < -0.3 is 4.90 Å². The minimum atomic E-state index is -0.196. The fourth-order valence-corrected chi connectivity index (χ4v) is 3.71. The molecule has 0 N–H and O–H groups in total. The molecule has 5 heteroatoms. The fraction of sp³-hybridized carbons (Fsp3) is 0.857. The van der Waals surface area contributed by atoms with Crippen LogP contribution in [0.15, 0.2) is 0 Å². The van der Waals surface area contributed by atoms with Crippen molar-refractivity contribution < 1.29 is 14.4 Å². The van der Waals surface area contributed by atoms with Gasteiger partial charge in [0.2, 0.25) is 17.7 Å². The normalized spacial score (nSPS) is 22.2. The minimum Gasteiger partial charge on any atom is -0.342 e. The second-order valence-electron chi connectivity index (χ2n) is 10.2. The van der Waals surface area contributed by atoms with Crippen molar-refractivity contribution in [3.05, 3.63) is 0 Å². The Morgan fingerprint density at radius 3 is 2.08 bits per heavy atom. The zero-order valence-electron chi connectivity index (χ0n) is 17.4. The number of likely N-dealkylation sites (tertiary alicyclic amines) is 2. The van der Waals surface area contributed by atoms with E-state index in [2.05, 4.69) is 20.8 Å². The van der Waals surface area contributed by atoms with Crippen LogP contribution in [0.25, 0.3) is 0 Å². The molecule has 2 fully saturated rings. The SMILES string of the molecule is CC(C)(C)C1CN(C(=O)CCCCCN2C(=O)CC(C(C)(C)C)C2=O)C1. The van der Waals surface area contributed by atoms with Crippen LogP contribution in [0.5, 0.6) is 0 Å². The van der Waals surface area contributed by atoms with Crippen molar-refractivity contribution in [2.45, 2.75) is 73.6 Å². The molecule has 26 heavy (non-hydrogen) atoms. The van der Waals surface area contributed by atoms with Crippen molar-refractivity contribution in [1.82, 2.24) is 9.80 Å². The number of carbonyl (C=O) groups excluding carboxylic acids is 3. The van der Waals surface area contributed by atoms with E-state index in [0.717, 1.165) is 32.4 Å². The summed E-state index contributed by atoms with van der Waals surface area (Å²) in [6.45, 7) is 15.0. The molecule has 2 aliphatic rings. The maximum Gasteiger partial charge on any atom is 0.233 e. The van der Waals surface area contributed by atoms with Crippen molar-refractivity contribution in [3.8, 4) is 0 Å². The highest BCUT2D eigenvalue weighted by molar-refractivity contribution is 6.03. The van der Waals surface area contributed by atoms with E-state index in [9.17, 15) is 14.4 Å². The van der Waals surface area contributed by atoms with E-state index in [4.69, 9.17) is 0 Å². The minimum absolute atomic E-state index is 0.0209. The van der Waals surface area contributed by atoms with Gasteiger partial charge in [0.05, 0.1) is 5.92 Å². The molecule has 1 unspecified atom stereocenters. The number of nitrogens with zero attached hydrogens (tertiary/aromatic N) is 2. The van der Waals surface area contributed by atoms with Gasteiger partial charge in [-0.1, -0.05) is 48.0 Å². The quantitative estimate of drug-likeness (QED) is 0.536. The van der Waals surface area contributed by atoms with Crippen molar-refractivity contribution in [3.63, 3.8) is 0 Å². The van der Waals surface area contributed by atoms with Gasteiger partial charge in [-0.05, 0) is 29.6 Å². The Hall–Kier alpha value is -1.39. The van der Waals surface area contributed by atoms with Crippen LogP contribution in [0.4, 0.5) is 0 Å². The molecule has 0 aromatic rings. The molecule has 1 atom stereocenters. The first kappa shape index (κ1) is 20.9. The summed E-state index contributed by atoms with van der Waals surface area (Å²) in [5.74, 6) is 0.590. The maximum absolute atomic E-state index is 12.4. The molecule has 0 aromatic carbocycles. The number of unbranched alkanes of at least 4 members (excludes halogenated alkanes) is 2. The molecule has 2 aliphatic heterocycles. The summed E-state index contributed by atoms with van der Waals surface area (Å²) in [4.78, 5) is 40.1. The molecule has 0 radical (unpaired) electrons. The molecule has 0 aromatic heterocycles. The summed E-state index contributed by atoms with van der Waals surface area (Å²) in [7, 11) is 0. The lowest BCUT2D eigenvalue weighted by Gasteiger charge is -2.46. The molecule has 3 amide bonds. The molecule has 2 rings (SSSR count). The molecular weight excluding hydrogens is 328 g/mol. The Morgan fingerprint density at radius 1 is 0.962 bits per heavy atom. The van der Waals surface area contributed by atoms with E-state index in [-0.39, 0.29) is 34.5 Å². The molecular formula is C21H36N2O3. The summed E-state index contributed by atoms with van der Waals surface area (Å²) >= 11 is 0. The second-order valence-corrected chi connectivity index (χ2v) is 10.2. The lowest BCUT2D eigenvalue weighted by atomic mass is 9.76. The van der Waals surface area contributed by atoms with E-state index in [1.54, 1.807) is 0 Å². The number of imide groups is 1. The molecule has 2 saturated heterocycles. The summed E-state index contributed by atoms with van der Waals surface area (Å²) in [5.41, 5.74) is 0.104. The molecule has 0 saturated carbocycles. The predicted octanol–water partition coefficient (Wildman–Crippen LogP) is 3.47. The van der Waals surface area contributed by atoms with Crippen LogP contribution in [0.3, 0.4) is 0 Å². The zero-order chi connectivity index (χ0) is 19.7. The Morgan fingerprint density at radius 2 is 1.58 bits per heavy atom. The highest BCUT2D eigenvalue weighted by Crippen LogP contribution is 2.36. The van der Waals surface area contributed by atoms with Crippen LogP contribution in [-0.4, -0.2) is 47.2 Å². The largest absolute Gasteiger partial charge is 0.342 e. The molecule has 0 aliphatic carbocycles. The standard InChI is InChI=1S/C21H36N2O3/c1-20(2,3)15-13-22(14-15)17(24)10-8-7-9-11-23-18(25)12-16(19(23)26)21(4,5)6/h15-16H,7-14H2,1-6H3. The first-order chi connectivity index (χ1) is 11.9. The van der Waals surface area contributed by atoms with Crippen molar-refractivity contribution in [1.29, 1.82) is 0 Å². The first-order valence-electron chi connectivity index (χ1n) is 10.0. The van der Waals surface area contributed by atoms with E-state index < -0.39 is 0 Å². The fourth-order valence-electron chi connectivity index (χ4n) is 3.71. The van der Waals surface area contributed by atoms with E-state index in [1.807, 2.05) is 25.7 Å². The Kier molecular flexibility index (Phi) is 6.19. The van der Waals surface area contributed by atoms with Crippen LogP contribution >= 0.6 is 0 Å². The summed E-state index contributed by atoms with van der Waals surface area (Å²) in [6.07, 6.45) is 3.40. The van der Waals surface area contributed by atoms with Crippen LogP contribution in [0, 0.1) is 22.7 Å². The van der Waals surface area contributed by atoms with Gasteiger partial charge in [-0.15, -0.1) is 0 Å². The molecule has 0 spiro atoms. The average molecular weight is 365 g/mol. The number of hydrogen-bond acceptors (Lipinski definition) is 3. The van der Waals surface area contributed by atoms with Crippen molar-refractivity contribution >= 4 is 17.7 Å². The zero-order valence-corrected chi connectivity index (χ0v) is 17.4. The van der Waals surface area contributed by atoms with Gasteiger partial charge in [-0.25, -0.2) is 0 Å². The molecule has 2 heterocycles. The summed E-state index contributed by atoms with van der Waals surface area (Å²) in [6, 6.07) is 0. The topological polar surface area (TPSA) is 57.7 Å². The van der Waals surface area contributed by atoms with Crippen LogP contribution in [0.1, 0.15) is 73.6 Å². The average Bonchev–Trinajstić information content (AvgIpc) is 2.71. The lowest BCUT2D eigenvalue weighted by Crippen LogP contribution is -2.54. The Bertz CT molecular complexity index is 551. The third-order valence-corrected chi connectivity index (χ3v) is 6.02. The summed E-state index contributed by atoms with van der Waals surface area (Å²) in [5, 5.41) is 0. The molecule has 5 nitrogen and oxygen atoms in total. The van der Waals surface area contributed by atoms with Gasteiger partial charge in [-0.2, -0.15) is 0 Å². The van der Waals surface area contributed by atoms with Gasteiger partial charge in [0.25, 0.3) is 0 Å². The van der Waals surface area contributed by atoms with Crippen LogP contribution in [0.2, 0.25) is 0 Å². The van der Waals surface area contributed by atoms with Crippen molar-refractivity contribution in [2.24, 2.45) is 22.7 Å². The monoisotopic (exact) mass is 364 g/mol. The van der Waals surface area contributed by atoms with Gasteiger partial charge in [-0.3, -0.25) is 19.3 Å². The number of hydrogen-bond donors (Lipinski definition) is 0. The van der Waals surface area contributed by atoms with Crippen LogP contribution in [-0.2, 0) is 14.4 Å².